The van der Waals surface area contributed by atoms with E-state index in [1.165, 1.54) is 41.5 Å². The number of nitrogens with zero attached hydrogens (tertiary/aromatic N) is 1. The summed E-state index contributed by atoms with van der Waals surface area (Å²) in [6, 6.07) is 5.43. The van der Waals surface area contributed by atoms with Crippen molar-refractivity contribution in [1.29, 1.82) is 0 Å². The van der Waals surface area contributed by atoms with Crippen molar-refractivity contribution in [3.63, 3.8) is 0 Å². The van der Waals surface area contributed by atoms with E-state index in [1.54, 1.807) is 0 Å². The predicted molar refractivity (Wildman–Crippen MR) is 86.3 cm³/mol. The van der Waals surface area contributed by atoms with Gasteiger partial charge < -0.3 is 5.32 Å². The Morgan fingerprint density at radius 1 is 1.42 bits per heavy atom. The van der Waals surface area contributed by atoms with Crippen LogP contribution in [0.3, 0.4) is 0 Å². The minimum Gasteiger partial charge on any atom is -0.362 e. The van der Waals surface area contributed by atoms with E-state index in [-0.39, 0.29) is 0 Å². The highest BCUT2D eigenvalue weighted by Crippen LogP contribution is 2.33. The van der Waals surface area contributed by atoms with Crippen LogP contribution in [0, 0.1) is 5.92 Å². The Hall–Kier alpha value is -0.480. The van der Waals surface area contributed by atoms with Gasteiger partial charge in [0.25, 0.3) is 0 Å². The summed E-state index contributed by atoms with van der Waals surface area (Å²) in [7, 11) is 0. The molecule has 2 aliphatic rings. The van der Waals surface area contributed by atoms with Gasteiger partial charge in [-0.2, -0.15) is 0 Å². The van der Waals surface area contributed by atoms with E-state index in [0.717, 1.165) is 12.3 Å². The Kier molecular flexibility index (Phi) is 4.49. The van der Waals surface area contributed by atoms with E-state index in [0.29, 0.717) is 12.1 Å². The van der Waals surface area contributed by atoms with Crippen LogP contribution < -0.4 is 5.32 Å². The molecule has 1 aromatic rings. The molecule has 104 valence electrons. The highest BCUT2D eigenvalue weighted by atomic mass is 32.2. The van der Waals surface area contributed by atoms with Crippen LogP contribution in [0.15, 0.2) is 22.5 Å². The zero-order valence-corrected chi connectivity index (χ0v) is 13.1. The first-order valence-corrected chi connectivity index (χ1v) is 9.17. The first kappa shape index (κ1) is 13.5. The quantitative estimate of drug-likeness (QED) is 0.913. The fraction of sp³-hybridized carbons (Fsp3) is 0.667. The van der Waals surface area contributed by atoms with E-state index >= 15 is 0 Å². The molecule has 19 heavy (non-hydrogen) atoms. The lowest BCUT2D eigenvalue weighted by Gasteiger charge is -2.33. The van der Waals surface area contributed by atoms with Crippen molar-refractivity contribution in [2.45, 2.75) is 51.1 Å². The SMILES string of the molecule is CC(Cc1cccs1)NC1=NC2CCCCC2CS1. The second-order valence-electron chi connectivity index (χ2n) is 5.69. The highest BCUT2D eigenvalue weighted by molar-refractivity contribution is 8.13. The van der Waals surface area contributed by atoms with E-state index in [4.69, 9.17) is 4.99 Å². The van der Waals surface area contributed by atoms with Gasteiger partial charge in [-0.15, -0.1) is 11.3 Å². The molecule has 4 heteroatoms. The molecular weight excluding hydrogens is 272 g/mol. The molecule has 0 radical (unpaired) electrons. The zero-order valence-electron chi connectivity index (χ0n) is 11.5. The molecule has 0 saturated heterocycles. The second kappa shape index (κ2) is 6.31. The lowest BCUT2D eigenvalue weighted by Crippen LogP contribution is -2.38. The monoisotopic (exact) mass is 294 g/mol. The van der Waals surface area contributed by atoms with Crippen LogP contribution in [0.25, 0.3) is 0 Å². The fourth-order valence-corrected chi connectivity index (χ4v) is 5.09. The van der Waals surface area contributed by atoms with Crippen molar-refractivity contribution in [1.82, 2.24) is 5.32 Å². The third kappa shape index (κ3) is 3.54. The summed E-state index contributed by atoms with van der Waals surface area (Å²) in [6.45, 7) is 2.26. The number of hydrogen-bond donors (Lipinski definition) is 1. The number of thioether (sulfide) groups is 1. The molecule has 1 saturated carbocycles. The Bertz CT molecular complexity index is 427. The third-order valence-corrected chi connectivity index (χ3v) is 6.03. The van der Waals surface area contributed by atoms with Gasteiger partial charge in [-0.05, 0) is 37.1 Å². The minimum atomic E-state index is 0.477. The van der Waals surface area contributed by atoms with Crippen LogP contribution in [0.5, 0.6) is 0 Å². The number of fused-ring (bicyclic) bond motifs is 1. The molecule has 3 atom stereocenters. The lowest BCUT2D eigenvalue weighted by atomic mass is 9.86. The average Bonchev–Trinajstić information content (AvgIpc) is 2.91. The molecule has 1 fully saturated rings. The van der Waals surface area contributed by atoms with Crippen LogP contribution in [-0.2, 0) is 6.42 Å². The molecule has 1 aromatic heterocycles. The van der Waals surface area contributed by atoms with Crippen molar-refractivity contribution in [2.24, 2.45) is 10.9 Å². The summed E-state index contributed by atoms with van der Waals surface area (Å²) in [5.41, 5.74) is 0. The largest absolute Gasteiger partial charge is 0.362 e. The standard InChI is InChI=1S/C15H22N2S2/c1-11(9-13-6-4-8-18-13)16-15-17-14-7-3-2-5-12(14)10-19-15/h4,6,8,11-12,14H,2-3,5,7,9-10H2,1H3,(H,16,17). The number of amidine groups is 1. The van der Waals surface area contributed by atoms with E-state index in [9.17, 15) is 0 Å². The van der Waals surface area contributed by atoms with Crippen molar-refractivity contribution in [3.8, 4) is 0 Å². The molecule has 2 nitrogen and oxygen atoms in total. The third-order valence-electron chi connectivity index (χ3n) is 4.04. The maximum atomic E-state index is 4.94. The van der Waals surface area contributed by atoms with Gasteiger partial charge >= 0.3 is 0 Å². The molecular formula is C15H22N2S2. The summed E-state index contributed by atoms with van der Waals surface area (Å²) in [5, 5.41) is 6.95. The molecule has 2 heterocycles. The van der Waals surface area contributed by atoms with Crippen LogP contribution in [0.2, 0.25) is 0 Å². The number of thiophene rings is 1. The summed E-state index contributed by atoms with van der Waals surface area (Å²) >= 11 is 3.78. The van der Waals surface area contributed by atoms with E-state index in [2.05, 4.69) is 29.8 Å². The molecule has 0 aromatic carbocycles. The summed E-state index contributed by atoms with van der Waals surface area (Å²) in [5.74, 6) is 2.11. The smallest absolute Gasteiger partial charge is 0.157 e. The van der Waals surface area contributed by atoms with Crippen molar-refractivity contribution < 1.29 is 0 Å². The summed E-state index contributed by atoms with van der Waals surface area (Å²) in [4.78, 5) is 6.40. The van der Waals surface area contributed by atoms with Crippen LogP contribution in [0.1, 0.15) is 37.5 Å². The maximum absolute atomic E-state index is 4.94. The molecule has 1 aliphatic heterocycles. The Balaban J connectivity index is 1.56. The molecule has 1 N–H and O–H groups in total. The normalized spacial score (nSPS) is 28.4. The topological polar surface area (TPSA) is 24.4 Å². The maximum Gasteiger partial charge on any atom is 0.157 e. The molecule has 1 aliphatic carbocycles. The van der Waals surface area contributed by atoms with Gasteiger partial charge in [-0.25, -0.2) is 0 Å². The van der Waals surface area contributed by atoms with Gasteiger partial charge in [0.15, 0.2) is 5.17 Å². The Labute approximate surface area is 124 Å². The van der Waals surface area contributed by atoms with Crippen molar-refractivity contribution >= 4 is 28.3 Å². The van der Waals surface area contributed by atoms with Crippen LogP contribution in [0.4, 0.5) is 0 Å². The van der Waals surface area contributed by atoms with E-state index in [1.807, 2.05) is 23.1 Å². The second-order valence-corrected chi connectivity index (χ2v) is 7.73. The fourth-order valence-electron chi connectivity index (χ4n) is 3.00. The number of nitrogens with one attached hydrogen (secondary N) is 1. The number of hydrogen-bond acceptors (Lipinski definition) is 4. The zero-order chi connectivity index (χ0) is 13.1. The minimum absolute atomic E-state index is 0.477. The molecule has 0 bridgehead atoms. The number of aliphatic imine (C=N–C) groups is 1. The van der Waals surface area contributed by atoms with Gasteiger partial charge in [0.05, 0.1) is 6.04 Å². The first-order valence-electron chi connectivity index (χ1n) is 7.31. The van der Waals surface area contributed by atoms with Crippen molar-refractivity contribution in [2.75, 3.05) is 5.75 Å². The lowest BCUT2D eigenvalue weighted by molar-refractivity contribution is 0.335. The van der Waals surface area contributed by atoms with Crippen LogP contribution >= 0.6 is 23.1 Å². The molecule has 3 unspecified atom stereocenters. The first-order chi connectivity index (χ1) is 9.31. The Morgan fingerprint density at radius 2 is 2.32 bits per heavy atom. The van der Waals surface area contributed by atoms with Gasteiger partial charge in [0.2, 0.25) is 0 Å². The number of rotatable bonds is 3. The Morgan fingerprint density at radius 3 is 3.16 bits per heavy atom. The average molecular weight is 294 g/mol. The van der Waals surface area contributed by atoms with Gasteiger partial charge in [-0.3, -0.25) is 4.99 Å². The predicted octanol–water partition coefficient (Wildman–Crippen LogP) is 3.93. The molecule has 3 rings (SSSR count). The van der Waals surface area contributed by atoms with Gasteiger partial charge in [0, 0.05) is 23.1 Å². The van der Waals surface area contributed by atoms with Crippen LogP contribution in [-0.4, -0.2) is 23.0 Å². The van der Waals surface area contributed by atoms with E-state index < -0.39 is 0 Å². The molecule has 0 spiro atoms. The molecule has 0 amide bonds. The summed E-state index contributed by atoms with van der Waals surface area (Å²) < 4.78 is 0. The van der Waals surface area contributed by atoms with Gasteiger partial charge in [0.1, 0.15) is 0 Å². The van der Waals surface area contributed by atoms with Crippen molar-refractivity contribution in [3.05, 3.63) is 22.4 Å². The highest BCUT2D eigenvalue weighted by Gasteiger charge is 2.29. The summed E-state index contributed by atoms with van der Waals surface area (Å²) in [6.07, 6.45) is 6.57. The van der Waals surface area contributed by atoms with Gasteiger partial charge in [-0.1, -0.05) is 30.7 Å².